The summed E-state index contributed by atoms with van der Waals surface area (Å²) in [5, 5.41) is 12.8. The third kappa shape index (κ3) is 6.02. The van der Waals surface area contributed by atoms with Crippen molar-refractivity contribution in [1.29, 1.82) is 0 Å². The number of carbonyl (C=O) groups excluding carboxylic acids is 1. The van der Waals surface area contributed by atoms with Crippen LogP contribution in [0.2, 0.25) is 0 Å². The molecule has 1 saturated carbocycles. The van der Waals surface area contributed by atoms with Crippen LogP contribution in [0.3, 0.4) is 0 Å². The minimum atomic E-state index is -3.84. The maximum Gasteiger partial charge on any atom is 0.335 e. The second kappa shape index (κ2) is 10.5. The smallest absolute Gasteiger partial charge is 0.335 e. The number of sulfonamides is 1. The average Bonchev–Trinajstić information content (AvgIpc) is 2.78. The molecule has 2 aromatic carbocycles. The molecule has 0 unspecified atom stereocenters. The molecule has 32 heavy (non-hydrogen) atoms. The van der Waals surface area contributed by atoms with E-state index in [1.165, 1.54) is 22.7 Å². The molecule has 0 atom stereocenters. The number of nitrogens with zero attached hydrogens (tertiary/aromatic N) is 2. The minimum Gasteiger partial charge on any atom is -0.478 e. The molecule has 0 spiro atoms. The van der Waals surface area contributed by atoms with Crippen molar-refractivity contribution in [2.75, 3.05) is 6.54 Å². The summed E-state index contributed by atoms with van der Waals surface area (Å²) in [4.78, 5) is 23.6. The average molecular weight is 458 g/mol. The largest absolute Gasteiger partial charge is 0.478 e. The van der Waals surface area contributed by atoms with Gasteiger partial charge in [0.15, 0.2) is 0 Å². The standard InChI is InChI=1S/C23H27N3O5S/c1-17-7-13-21(14-8-17)32(30,31)26(20-5-3-2-4-6-20)16-22(27)25-24-15-18-9-11-19(12-10-18)23(28)29/h7-15,20H,2-6,16H2,1H3,(H,25,27)(H,28,29). The van der Waals surface area contributed by atoms with Gasteiger partial charge in [0.2, 0.25) is 10.0 Å². The monoisotopic (exact) mass is 457 g/mol. The predicted octanol–water partition coefficient (Wildman–Crippen LogP) is 3.17. The van der Waals surface area contributed by atoms with Gasteiger partial charge in [0, 0.05) is 6.04 Å². The van der Waals surface area contributed by atoms with Gasteiger partial charge in [-0.3, -0.25) is 4.79 Å². The highest BCUT2D eigenvalue weighted by Gasteiger charge is 2.33. The number of carboxylic acid groups (broad SMARTS) is 1. The Kier molecular flexibility index (Phi) is 7.76. The zero-order valence-electron chi connectivity index (χ0n) is 17.9. The van der Waals surface area contributed by atoms with E-state index in [1.54, 1.807) is 36.4 Å². The van der Waals surface area contributed by atoms with Crippen LogP contribution in [-0.2, 0) is 14.8 Å². The first kappa shape index (κ1) is 23.6. The number of benzene rings is 2. The molecule has 0 aliphatic heterocycles. The molecule has 0 aromatic heterocycles. The van der Waals surface area contributed by atoms with Gasteiger partial charge in [-0.25, -0.2) is 18.6 Å². The van der Waals surface area contributed by atoms with Gasteiger partial charge in [0.25, 0.3) is 5.91 Å². The van der Waals surface area contributed by atoms with Crippen molar-refractivity contribution < 1.29 is 23.1 Å². The van der Waals surface area contributed by atoms with E-state index in [0.29, 0.717) is 5.56 Å². The van der Waals surface area contributed by atoms with Crippen LogP contribution in [0.4, 0.5) is 0 Å². The minimum absolute atomic E-state index is 0.149. The summed E-state index contributed by atoms with van der Waals surface area (Å²) >= 11 is 0. The van der Waals surface area contributed by atoms with Crippen LogP contribution < -0.4 is 5.43 Å². The van der Waals surface area contributed by atoms with E-state index < -0.39 is 21.9 Å². The molecular weight excluding hydrogens is 430 g/mol. The number of carboxylic acids is 1. The first-order chi connectivity index (χ1) is 15.3. The topological polar surface area (TPSA) is 116 Å². The molecule has 170 valence electrons. The van der Waals surface area contributed by atoms with Crippen molar-refractivity contribution in [1.82, 2.24) is 9.73 Å². The van der Waals surface area contributed by atoms with E-state index in [-0.39, 0.29) is 23.0 Å². The Morgan fingerprint density at radius 1 is 1.06 bits per heavy atom. The molecule has 1 aliphatic carbocycles. The van der Waals surface area contributed by atoms with Crippen molar-refractivity contribution >= 4 is 28.1 Å². The number of hydrogen-bond acceptors (Lipinski definition) is 5. The first-order valence-corrected chi connectivity index (χ1v) is 11.9. The predicted molar refractivity (Wildman–Crippen MR) is 121 cm³/mol. The van der Waals surface area contributed by atoms with Crippen molar-refractivity contribution in [3.05, 3.63) is 65.2 Å². The third-order valence-corrected chi connectivity index (χ3v) is 7.38. The Morgan fingerprint density at radius 2 is 1.69 bits per heavy atom. The molecule has 9 heteroatoms. The molecule has 2 N–H and O–H groups in total. The summed E-state index contributed by atoms with van der Waals surface area (Å²) in [5.74, 6) is -1.57. The molecule has 2 aromatic rings. The molecule has 1 fully saturated rings. The van der Waals surface area contributed by atoms with E-state index in [4.69, 9.17) is 5.11 Å². The summed E-state index contributed by atoms with van der Waals surface area (Å²) in [6.45, 7) is 1.56. The SMILES string of the molecule is Cc1ccc(S(=O)(=O)N(CC(=O)NN=Cc2ccc(C(=O)O)cc2)C2CCCCC2)cc1. The summed E-state index contributed by atoms with van der Waals surface area (Å²) in [5.41, 5.74) is 4.09. The van der Waals surface area contributed by atoms with E-state index in [9.17, 15) is 18.0 Å². The lowest BCUT2D eigenvalue weighted by Crippen LogP contribution is -2.46. The molecule has 3 rings (SSSR count). The summed E-state index contributed by atoms with van der Waals surface area (Å²) in [6.07, 6.45) is 5.73. The third-order valence-electron chi connectivity index (χ3n) is 5.47. The van der Waals surface area contributed by atoms with Crippen LogP contribution in [0.25, 0.3) is 0 Å². The number of hydrogen-bond donors (Lipinski definition) is 2. The highest BCUT2D eigenvalue weighted by atomic mass is 32.2. The highest BCUT2D eigenvalue weighted by molar-refractivity contribution is 7.89. The number of carbonyl (C=O) groups is 2. The summed E-state index contributed by atoms with van der Waals surface area (Å²) in [6, 6.07) is 12.4. The number of nitrogens with one attached hydrogen (secondary N) is 1. The summed E-state index contributed by atoms with van der Waals surface area (Å²) < 4.78 is 27.9. The van der Waals surface area contributed by atoms with Crippen LogP contribution in [0, 0.1) is 6.92 Å². The Bertz CT molecular complexity index is 1070. The molecule has 1 amide bonds. The first-order valence-electron chi connectivity index (χ1n) is 10.5. The number of hydrazone groups is 1. The van der Waals surface area contributed by atoms with Crippen LogP contribution in [0.1, 0.15) is 53.6 Å². The van der Waals surface area contributed by atoms with E-state index in [0.717, 1.165) is 37.7 Å². The van der Waals surface area contributed by atoms with Crippen molar-refractivity contribution in [3.63, 3.8) is 0 Å². The lowest BCUT2D eigenvalue weighted by Gasteiger charge is -2.32. The molecule has 0 heterocycles. The Balaban J connectivity index is 1.72. The highest BCUT2D eigenvalue weighted by Crippen LogP contribution is 2.27. The van der Waals surface area contributed by atoms with Gasteiger partial charge in [-0.15, -0.1) is 0 Å². The van der Waals surface area contributed by atoms with E-state index in [2.05, 4.69) is 10.5 Å². The molecule has 0 saturated heterocycles. The molecule has 0 radical (unpaired) electrons. The lowest BCUT2D eigenvalue weighted by atomic mass is 9.95. The normalized spacial score (nSPS) is 15.2. The molecule has 8 nitrogen and oxygen atoms in total. The van der Waals surface area contributed by atoms with E-state index in [1.807, 2.05) is 6.92 Å². The fourth-order valence-corrected chi connectivity index (χ4v) is 5.33. The van der Waals surface area contributed by atoms with Gasteiger partial charge in [-0.1, -0.05) is 49.1 Å². The number of aryl methyl sites for hydroxylation is 1. The van der Waals surface area contributed by atoms with Crippen molar-refractivity contribution in [2.24, 2.45) is 5.10 Å². The second-order valence-corrected chi connectivity index (χ2v) is 9.77. The van der Waals surface area contributed by atoms with Gasteiger partial charge in [0.1, 0.15) is 0 Å². The van der Waals surface area contributed by atoms with Gasteiger partial charge >= 0.3 is 5.97 Å². The fraction of sp³-hybridized carbons (Fsp3) is 0.348. The van der Waals surface area contributed by atoms with Crippen LogP contribution in [-0.4, -0.2) is 48.5 Å². The van der Waals surface area contributed by atoms with Gasteiger partial charge in [-0.2, -0.15) is 9.41 Å². The molecular formula is C23H27N3O5S. The van der Waals surface area contributed by atoms with Crippen LogP contribution in [0.5, 0.6) is 0 Å². The number of aromatic carboxylic acids is 1. The number of amides is 1. The van der Waals surface area contributed by atoms with Crippen LogP contribution in [0.15, 0.2) is 58.5 Å². The maximum atomic E-state index is 13.3. The van der Waals surface area contributed by atoms with Crippen LogP contribution >= 0.6 is 0 Å². The fourth-order valence-electron chi connectivity index (χ4n) is 3.69. The molecule has 0 bridgehead atoms. The summed E-state index contributed by atoms with van der Waals surface area (Å²) in [7, 11) is -3.84. The van der Waals surface area contributed by atoms with Gasteiger partial charge in [-0.05, 0) is 49.6 Å². The van der Waals surface area contributed by atoms with E-state index >= 15 is 0 Å². The quantitative estimate of drug-likeness (QED) is 0.467. The second-order valence-electron chi connectivity index (χ2n) is 7.88. The Hall–Kier alpha value is -3.04. The maximum absolute atomic E-state index is 13.3. The van der Waals surface area contributed by atoms with Crippen molar-refractivity contribution in [2.45, 2.75) is 50.0 Å². The zero-order valence-corrected chi connectivity index (χ0v) is 18.7. The molecule has 1 aliphatic rings. The Morgan fingerprint density at radius 3 is 2.28 bits per heavy atom. The Labute approximate surface area is 188 Å². The van der Waals surface area contributed by atoms with Crippen molar-refractivity contribution in [3.8, 4) is 0 Å². The van der Waals surface area contributed by atoms with Gasteiger partial charge < -0.3 is 5.11 Å². The number of rotatable bonds is 8. The lowest BCUT2D eigenvalue weighted by molar-refractivity contribution is -0.121. The zero-order chi connectivity index (χ0) is 23.1. The van der Waals surface area contributed by atoms with Gasteiger partial charge in [0.05, 0.1) is 23.2 Å².